The SMILES string of the molecule is CNC(=O)NN1CCCC1. The zero-order chi connectivity index (χ0) is 7.40. The van der Waals surface area contributed by atoms with Crippen molar-refractivity contribution in [3.63, 3.8) is 0 Å². The zero-order valence-electron chi connectivity index (χ0n) is 6.18. The maximum atomic E-state index is 10.7. The molecule has 0 bridgehead atoms. The summed E-state index contributed by atoms with van der Waals surface area (Å²) in [6.45, 7) is 1.96. The Morgan fingerprint density at radius 1 is 1.40 bits per heavy atom. The molecule has 0 aromatic heterocycles. The minimum absolute atomic E-state index is 0.123. The van der Waals surface area contributed by atoms with Crippen LogP contribution in [0.3, 0.4) is 0 Å². The molecule has 1 rings (SSSR count). The van der Waals surface area contributed by atoms with Gasteiger partial charge in [-0.15, -0.1) is 0 Å². The van der Waals surface area contributed by atoms with Gasteiger partial charge in [0, 0.05) is 20.1 Å². The molecule has 1 saturated heterocycles. The van der Waals surface area contributed by atoms with Crippen molar-refractivity contribution in [3.8, 4) is 0 Å². The van der Waals surface area contributed by atoms with Crippen molar-refractivity contribution >= 4 is 6.03 Å². The van der Waals surface area contributed by atoms with Crippen LogP contribution in [-0.4, -0.2) is 31.2 Å². The largest absolute Gasteiger partial charge is 0.340 e. The van der Waals surface area contributed by atoms with Crippen LogP contribution < -0.4 is 10.7 Å². The van der Waals surface area contributed by atoms with E-state index >= 15 is 0 Å². The molecule has 10 heavy (non-hydrogen) atoms. The molecule has 0 unspecified atom stereocenters. The van der Waals surface area contributed by atoms with Crippen LogP contribution in [-0.2, 0) is 0 Å². The molecule has 1 aliphatic heterocycles. The van der Waals surface area contributed by atoms with Gasteiger partial charge in [-0.2, -0.15) is 0 Å². The Hall–Kier alpha value is -0.770. The number of amides is 2. The number of hydrogen-bond acceptors (Lipinski definition) is 2. The number of hydrogen-bond donors (Lipinski definition) is 2. The van der Waals surface area contributed by atoms with E-state index in [0.29, 0.717) is 0 Å². The van der Waals surface area contributed by atoms with Gasteiger partial charge in [-0.3, -0.25) is 5.43 Å². The number of carbonyl (C=O) groups is 1. The third kappa shape index (κ3) is 1.88. The van der Waals surface area contributed by atoms with Crippen LogP contribution >= 0.6 is 0 Å². The molecule has 4 heteroatoms. The lowest BCUT2D eigenvalue weighted by molar-refractivity contribution is 0.199. The third-order valence-corrected chi connectivity index (χ3v) is 1.59. The fourth-order valence-corrected chi connectivity index (χ4v) is 1.03. The van der Waals surface area contributed by atoms with Crippen molar-refractivity contribution < 1.29 is 4.79 Å². The molecule has 1 aliphatic rings. The summed E-state index contributed by atoms with van der Waals surface area (Å²) >= 11 is 0. The fourth-order valence-electron chi connectivity index (χ4n) is 1.03. The van der Waals surface area contributed by atoms with Gasteiger partial charge in [-0.25, -0.2) is 9.80 Å². The Morgan fingerprint density at radius 2 is 2.00 bits per heavy atom. The molecule has 1 heterocycles. The molecule has 0 aliphatic carbocycles. The standard InChI is InChI=1S/C6H13N3O/c1-7-6(10)8-9-4-2-3-5-9/h2-5H2,1H3,(H2,7,8,10). The number of rotatable bonds is 1. The van der Waals surface area contributed by atoms with E-state index in [1.54, 1.807) is 7.05 Å². The Bertz CT molecular complexity index is 120. The summed E-state index contributed by atoms with van der Waals surface area (Å²) in [6, 6.07) is -0.123. The maximum absolute atomic E-state index is 10.7. The molecule has 0 spiro atoms. The lowest BCUT2D eigenvalue weighted by Crippen LogP contribution is -2.44. The molecule has 2 N–H and O–H groups in total. The molecule has 0 atom stereocenters. The average molecular weight is 143 g/mol. The van der Waals surface area contributed by atoms with Crippen LogP contribution in [0.25, 0.3) is 0 Å². The third-order valence-electron chi connectivity index (χ3n) is 1.59. The van der Waals surface area contributed by atoms with E-state index in [1.807, 2.05) is 5.01 Å². The van der Waals surface area contributed by atoms with Crippen molar-refractivity contribution in [2.75, 3.05) is 20.1 Å². The van der Waals surface area contributed by atoms with Crippen LogP contribution in [0.4, 0.5) is 4.79 Å². The second-order valence-electron chi connectivity index (χ2n) is 2.39. The monoisotopic (exact) mass is 143 g/mol. The molecule has 4 nitrogen and oxygen atoms in total. The minimum atomic E-state index is -0.123. The van der Waals surface area contributed by atoms with Crippen molar-refractivity contribution in [1.29, 1.82) is 0 Å². The molecule has 1 fully saturated rings. The Morgan fingerprint density at radius 3 is 2.50 bits per heavy atom. The van der Waals surface area contributed by atoms with Gasteiger partial charge in [-0.1, -0.05) is 0 Å². The first kappa shape index (κ1) is 7.34. The van der Waals surface area contributed by atoms with Gasteiger partial charge in [0.1, 0.15) is 0 Å². The van der Waals surface area contributed by atoms with Crippen molar-refractivity contribution in [2.45, 2.75) is 12.8 Å². The molecule has 58 valence electrons. The predicted octanol–water partition coefficient (Wildman–Crippen LogP) is -0.0738. The van der Waals surface area contributed by atoms with E-state index in [9.17, 15) is 4.79 Å². The van der Waals surface area contributed by atoms with Gasteiger partial charge in [-0.05, 0) is 12.8 Å². The average Bonchev–Trinajstić information content (AvgIpc) is 2.40. The summed E-state index contributed by atoms with van der Waals surface area (Å²) in [5.41, 5.74) is 2.71. The first-order valence-corrected chi connectivity index (χ1v) is 3.56. The van der Waals surface area contributed by atoms with Crippen LogP contribution in [0.2, 0.25) is 0 Å². The summed E-state index contributed by atoms with van der Waals surface area (Å²) in [4.78, 5) is 10.7. The minimum Gasteiger partial charge on any atom is -0.340 e. The summed E-state index contributed by atoms with van der Waals surface area (Å²) < 4.78 is 0. The van der Waals surface area contributed by atoms with Crippen LogP contribution in [0.15, 0.2) is 0 Å². The summed E-state index contributed by atoms with van der Waals surface area (Å²) in [6.07, 6.45) is 2.37. The molecular formula is C6H13N3O. The lowest BCUT2D eigenvalue weighted by Gasteiger charge is -2.14. The second-order valence-corrected chi connectivity index (χ2v) is 2.39. The Balaban J connectivity index is 2.17. The van der Waals surface area contributed by atoms with E-state index < -0.39 is 0 Å². The second kappa shape index (κ2) is 3.41. The van der Waals surface area contributed by atoms with Crippen molar-refractivity contribution in [3.05, 3.63) is 0 Å². The number of carbonyl (C=O) groups excluding carboxylic acids is 1. The number of nitrogens with zero attached hydrogens (tertiary/aromatic N) is 1. The summed E-state index contributed by atoms with van der Waals surface area (Å²) in [5.74, 6) is 0. The highest BCUT2D eigenvalue weighted by atomic mass is 16.2. The van der Waals surface area contributed by atoms with Gasteiger partial charge in [0.15, 0.2) is 0 Å². The highest BCUT2D eigenvalue weighted by molar-refractivity contribution is 5.72. The van der Waals surface area contributed by atoms with E-state index in [4.69, 9.17) is 0 Å². The lowest BCUT2D eigenvalue weighted by atomic mass is 10.4. The fraction of sp³-hybridized carbons (Fsp3) is 0.833. The highest BCUT2D eigenvalue weighted by Gasteiger charge is 2.12. The van der Waals surface area contributed by atoms with Crippen molar-refractivity contribution in [2.24, 2.45) is 0 Å². The number of hydrazine groups is 1. The normalized spacial score (nSPS) is 18.9. The topological polar surface area (TPSA) is 44.4 Å². The molecular weight excluding hydrogens is 130 g/mol. The van der Waals surface area contributed by atoms with Gasteiger partial charge in [0.05, 0.1) is 0 Å². The Kier molecular flexibility index (Phi) is 2.50. The molecule has 0 radical (unpaired) electrons. The first-order chi connectivity index (χ1) is 4.83. The van der Waals surface area contributed by atoms with Gasteiger partial charge >= 0.3 is 6.03 Å². The van der Waals surface area contributed by atoms with Crippen LogP contribution in [0.5, 0.6) is 0 Å². The van der Waals surface area contributed by atoms with E-state index in [-0.39, 0.29) is 6.03 Å². The van der Waals surface area contributed by atoms with E-state index in [2.05, 4.69) is 10.7 Å². The number of nitrogens with one attached hydrogen (secondary N) is 2. The van der Waals surface area contributed by atoms with Crippen LogP contribution in [0.1, 0.15) is 12.8 Å². The Labute approximate surface area is 60.5 Å². The maximum Gasteiger partial charge on any atom is 0.329 e. The quantitative estimate of drug-likeness (QED) is 0.539. The summed E-state index contributed by atoms with van der Waals surface area (Å²) in [5, 5.41) is 4.43. The van der Waals surface area contributed by atoms with E-state index in [0.717, 1.165) is 13.1 Å². The van der Waals surface area contributed by atoms with Gasteiger partial charge in [0.2, 0.25) is 0 Å². The molecule has 0 aromatic carbocycles. The van der Waals surface area contributed by atoms with Gasteiger partial charge < -0.3 is 5.32 Å². The van der Waals surface area contributed by atoms with Crippen LogP contribution in [0, 0.1) is 0 Å². The summed E-state index contributed by atoms with van der Waals surface area (Å²) in [7, 11) is 1.62. The van der Waals surface area contributed by atoms with Gasteiger partial charge in [0.25, 0.3) is 0 Å². The molecule has 0 aromatic rings. The zero-order valence-corrected chi connectivity index (χ0v) is 6.18. The highest BCUT2D eigenvalue weighted by Crippen LogP contribution is 2.02. The van der Waals surface area contributed by atoms with Crippen molar-refractivity contribution in [1.82, 2.24) is 15.8 Å². The first-order valence-electron chi connectivity index (χ1n) is 3.56. The molecule has 2 amide bonds. The predicted molar refractivity (Wildman–Crippen MR) is 38.4 cm³/mol. The smallest absolute Gasteiger partial charge is 0.329 e. The van der Waals surface area contributed by atoms with E-state index in [1.165, 1.54) is 12.8 Å². The molecule has 0 saturated carbocycles. The number of urea groups is 1.